The summed E-state index contributed by atoms with van der Waals surface area (Å²) in [5, 5.41) is 6.40. The van der Waals surface area contributed by atoms with Gasteiger partial charge in [0, 0.05) is 13.1 Å². The van der Waals surface area contributed by atoms with Crippen molar-refractivity contribution in [2.24, 2.45) is 0 Å². The molecule has 24 heavy (non-hydrogen) atoms. The van der Waals surface area contributed by atoms with E-state index in [1.54, 1.807) is 0 Å². The molecule has 4 heteroatoms. The summed E-state index contributed by atoms with van der Waals surface area (Å²) in [7, 11) is 0. The van der Waals surface area contributed by atoms with Crippen LogP contribution in [0.2, 0.25) is 0 Å². The third kappa shape index (κ3) is 5.32. The quantitative estimate of drug-likeness (QED) is 0.873. The molecule has 4 nitrogen and oxygen atoms in total. The average molecular weight is 329 g/mol. The van der Waals surface area contributed by atoms with Crippen molar-refractivity contribution < 1.29 is 4.79 Å². The number of hydrogen-bond acceptors (Lipinski definition) is 3. The molecule has 2 aliphatic heterocycles. The Labute approximate surface area is 146 Å². The topological polar surface area (TPSA) is 44.4 Å². The van der Waals surface area contributed by atoms with Crippen molar-refractivity contribution in [2.45, 2.75) is 64.1 Å². The lowest BCUT2D eigenvalue weighted by Gasteiger charge is -2.22. The molecule has 1 atom stereocenters. The molecule has 0 saturated carbocycles. The number of carbonyl (C=O) groups is 1. The maximum Gasteiger partial charge on any atom is 0.237 e. The van der Waals surface area contributed by atoms with Gasteiger partial charge in [0.25, 0.3) is 0 Å². The summed E-state index contributed by atoms with van der Waals surface area (Å²) < 4.78 is 0. The first-order valence-corrected chi connectivity index (χ1v) is 9.62. The molecule has 0 aliphatic carbocycles. The minimum Gasteiger partial charge on any atom is -0.351 e. The van der Waals surface area contributed by atoms with Crippen LogP contribution in [-0.2, 0) is 17.9 Å². The summed E-state index contributed by atoms with van der Waals surface area (Å²) in [4.78, 5) is 14.8. The SMILES string of the molecule is O=C(NCc1cccc(CN2CCCCCC2)c1)[C@H]1CCCCN1. The van der Waals surface area contributed by atoms with E-state index in [1.165, 1.54) is 56.3 Å². The second-order valence-corrected chi connectivity index (χ2v) is 7.23. The van der Waals surface area contributed by atoms with Crippen molar-refractivity contribution in [3.63, 3.8) is 0 Å². The fourth-order valence-electron chi connectivity index (χ4n) is 3.78. The highest BCUT2D eigenvalue weighted by Crippen LogP contribution is 2.14. The van der Waals surface area contributed by atoms with Crippen molar-refractivity contribution in [3.05, 3.63) is 35.4 Å². The Bertz CT molecular complexity index is 517. The van der Waals surface area contributed by atoms with E-state index in [-0.39, 0.29) is 11.9 Å². The van der Waals surface area contributed by atoms with E-state index >= 15 is 0 Å². The molecule has 2 N–H and O–H groups in total. The van der Waals surface area contributed by atoms with Gasteiger partial charge < -0.3 is 10.6 Å². The van der Waals surface area contributed by atoms with Gasteiger partial charge in [0.1, 0.15) is 0 Å². The van der Waals surface area contributed by atoms with Crippen LogP contribution in [0.15, 0.2) is 24.3 Å². The summed E-state index contributed by atoms with van der Waals surface area (Å²) in [5.74, 6) is 0.146. The maximum atomic E-state index is 12.2. The molecule has 132 valence electrons. The fraction of sp³-hybridized carbons (Fsp3) is 0.650. The van der Waals surface area contributed by atoms with E-state index < -0.39 is 0 Å². The molecular formula is C20H31N3O. The van der Waals surface area contributed by atoms with E-state index in [9.17, 15) is 4.79 Å². The lowest BCUT2D eigenvalue weighted by atomic mass is 10.0. The van der Waals surface area contributed by atoms with Gasteiger partial charge in [-0.1, -0.05) is 43.5 Å². The second kappa shape index (κ2) is 9.19. The average Bonchev–Trinajstić information content (AvgIpc) is 2.89. The Morgan fingerprint density at radius 2 is 1.88 bits per heavy atom. The Kier molecular flexibility index (Phi) is 6.67. The van der Waals surface area contributed by atoms with Crippen LogP contribution >= 0.6 is 0 Å². The van der Waals surface area contributed by atoms with Gasteiger partial charge in [0.15, 0.2) is 0 Å². The van der Waals surface area contributed by atoms with Gasteiger partial charge in [0.05, 0.1) is 6.04 Å². The van der Waals surface area contributed by atoms with Crippen LogP contribution in [0.25, 0.3) is 0 Å². The Morgan fingerprint density at radius 3 is 2.62 bits per heavy atom. The number of nitrogens with zero attached hydrogens (tertiary/aromatic N) is 1. The number of benzene rings is 1. The Morgan fingerprint density at radius 1 is 1.08 bits per heavy atom. The zero-order valence-corrected chi connectivity index (χ0v) is 14.7. The molecular weight excluding hydrogens is 298 g/mol. The molecule has 2 aliphatic rings. The second-order valence-electron chi connectivity index (χ2n) is 7.23. The van der Waals surface area contributed by atoms with E-state index in [0.29, 0.717) is 6.54 Å². The number of hydrogen-bond donors (Lipinski definition) is 2. The first-order valence-electron chi connectivity index (χ1n) is 9.62. The molecule has 2 fully saturated rings. The number of carbonyl (C=O) groups excluding carboxylic acids is 1. The van der Waals surface area contributed by atoms with Crippen LogP contribution < -0.4 is 10.6 Å². The highest BCUT2D eigenvalue weighted by molar-refractivity contribution is 5.81. The Hall–Kier alpha value is -1.39. The van der Waals surface area contributed by atoms with Crippen LogP contribution in [0, 0.1) is 0 Å². The van der Waals surface area contributed by atoms with E-state index in [2.05, 4.69) is 39.8 Å². The lowest BCUT2D eigenvalue weighted by molar-refractivity contribution is -0.123. The summed E-state index contributed by atoms with van der Waals surface area (Å²) in [6.07, 6.45) is 8.68. The molecule has 2 heterocycles. The summed E-state index contributed by atoms with van der Waals surface area (Å²) in [5.41, 5.74) is 2.56. The van der Waals surface area contributed by atoms with Crippen LogP contribution in [0.3, 0.4) is 0 Å². The Balaban J connectivity index is 1.50. The number of amides is 1. The standard InChI is InChI=1S/C20H31N3O/c24-20(19-10-3-4-11-21-19)22-15-17-8-7-9-18(14-17)16-23-12-5-1-2-6-13-23/h7-9,14,19,21H,1-6,10-13,15-16H2,(H,22,24)/t19-/m1/s1. The third-order valence-electron chi connectivity index (χ3n) is 5.19. The molecule has 0 unspecified atom stereocenters. The van der Waals surface area contributed by atoms with E-state index in [4.69, 9.17) is 0 Å². The number of likely N-dealkylation sites (tertiary alicyclic amines) is 1. The number of nitrogens with one attached hydrogen (secondary N) is 2. The predicted molar refractivity (Wildman–Crippen MR) is 97.7 cm³/mol. The first kappa shape index (κ1) is 17.4. The van der Waals surface area contributed by atoms with Crippen molar-refractivity contribution in [1.82, 2.24) is 15.5 Å². The highest BCUT2D eigenvalue weighted by atomic mass is 16.2. The lowest BCUT2D eigenvalue weighted by Crippen LogP contribution is -2.46. The van der Waals surface area contributed by atoms with Crippen LogP contribution in [-0.4, -0.2) is 36.5 Å². The number of piperidine rings is 1. The fourth-order valence-corrected chi connectivity index (χ4v) is 3.78. The smallest absolute Gasteiger partial charge is 0.237 e. The van der Waals surface area contributed by atoms with Gasteiger partial charge in [0.2, 0.25) is 5.91 Å². The van der Waals surface area contributed by atoms with Crippen molar-refractivity contribution in [1.29, 1.82) is 0 Å². The van der Waals surface area contributed by atoms with Gasteiger partial charge in [-0.3, -0.25) is 9.69 Å². The van der Waals surface area contributed by atoms with Crippen LogP contribution in [0.5, 0.6) is 0 Å². The van der Waals surface area contributed by atoms with E-state index in [0.717, 1.165) is 25.9 Å². The van der Waals surface area contributed by atoms with Gasteiger partial charge in [-0.05, 0) is 56.4 Å². The molecule has 1 amide bonds. The molecule has 0 spiro atoms. The third-order valence-corrected chi connectivity index (χ3v) is 5.19. The highest BCUT2D eigenvalue weighted by Gasteiger charge is 2.19. The normalized spacial score (nSPS) is 22.8. The summed E-state index contributed by atoms with van der Waals surface area (Å²) in [6, 6.07) is 8.69. The van der Waals surface area contributed by atoms with Gasteiger partial charge in [-0.25, -0.2) is 0 Å². The van der Waals surface area contributed by atoms with Crippen LogP contribution in [0.1, 0.15) is 56.1 Å². The van der Waals surface area contributed by atoms with Gasteiger partial charge >= 0.3 is 0 Å². The first-order chi connectivity index (χ1) is 11.8. The van der Waals surface area contributed by atoms with Crippen molar-refractivity contribution >= 4 is 5.91 Å². The monoisotopic (exact) mass is 329 g/mol. The summed E-state index contributed by atoms with van der Waals surface area (Å²) in [6.45, 7) is 5.06. The molecule has 0 radical (unpaired) electrons. The molecule has 0 aromatic heterocycles. The molecule has 3 rings (SSSR count). The number of rotatable bonds is 5. The van der Waals surface area contributed by atoms with Gasteiger partial charge in [-0.15, -0.1) is 0 Å². The maximum absolute atomic E-state index is 12.2. The predicted octanol–water partition coefficient (Wildman–Crippen LogP) is 2.82. The van der Waals surface area contributed by atoms with Crippen molar-refractivity contribution in [2.75, 3.05) is 19.6 Å². The van der Waals surface area contributed by atoms with Crippen LogP contribution in [0.4, 0.5) is 0 Å². The van der Waals surface area contributed by atoms with Gasteiger partial charge in [-0.2, -0.15) is 0 Å². The molecule has 1 aromatic carbocycles. The minimum atomic E-state index is -0.000896. The minimum absolute atomic E-state index is 0.000896. The zero-order chi connectivity index (χ0) is 16.6. The largest absolute Gasteiger partial charge is 0.351 e. The molecule has 2 saturated heterocycles. The molecule has 1 aromatic rings. The zero-order valence-electron chi connectivity index (χ0n) is 14.7. The molecule has 0 bridgehead atoms. The van der Waals surface area contributed by atoms with E-state index in [1.807, 2.05) is 0 Å². The van der Waals surface area contributed by atoms with Crippen molar-refractivity contribution in [3.8, 4) is 0 Å². The summed E-state index contributed by atoms with van der Waals surface area (Å²) >= 11 is 0.